The van der Waals surface area contributed by atoms with Crippen LogP contribution in [0, 0.1) is 5.82 Å². The van der Waals surface area contributed by atoms with Crippen LogP contribution < -0.4 is 18.9 Å². The van der Waals surface area contributed by atoms with Gasteiger partial charge in [-0.2, -0.15) is 5.10 Å². The number of rotatable bonds is 8. The molecular weight excluding hydrogens is 451 g/mol. The number of pyridine rings is 1. The van der Waals surface area contributed by atoms with Crippen molar-refractivity contribution in [2.45, 2.75) is 18.4 Å². The first kappa shape index (κ1) is 22.3. The van der Waals surface area contributed by atoms with Crippen molar-refractivity contribution in [3.05, 3.63) is 60.8 Å². The fourth-order valence-electron chi connectivity index (χ4n) is 3.17. The Hall–Kier alpha value is -3.86. The van der Waals surface area contributed by atoms with E-state index < -0.39 is 15.8 Å². The third kappa shape index (κ3) is 4.53. The highest BCUT2D eigenvalue weighted by atomic mass is 32.2. The molecule has 33 heavy (non-hydrogen) atoms. The largest absolute Gasteiger partial charge is 0.493 e. The number of sulfonamides is 1. The Morgan fingerprint density at radius 3 is 2.48 bits per heavy atom. The number of anilines is 1. The van der Waals surface area contributed by atoms with Crippen molar-refractivity contribution in [2.75, 3.05) is 18.9 Å². The van der Waals surface area contributed by atoms with Crippen LogP contribution in [0.15, 0.2) is 59.9 Å². The van der Waals surface area contributed by atoms with Gasteiger partial charge in [-0.3, -0.25) is 14.4 Å². The van der Waals surface area contributed by atoms with Crippen LogP contribution in [0.4, 0.5) is 10.1 Å². The molecule has 0 fully saturated rings. The fourth-order valence-corrected chi connectivity index (χ4v) is 4.18. The van der Waals surface area contributed by atoms with Crippen LogP contribution in [-0.4, -0.2) is 37.4 Å². The lowest BCUT2D eigenvalue weighted by Crippen LogP contribution is -2.13. The molecule has 4 rings (SSSR count). The van der Waals surface area contributed by atoms with Gasteiger partial charge in [0.25, 0.3) is 10.0 Å². The van der Waals surface area contributed by atoms with Crippen LogP contribution in [0.5, 0.6) is 23.0 Å². The quantitative estimate of drug-likeness (QED) is 0.410. The highest BCUT2D eigenvalue weighted by Gasteiger charge is 2.19. The number of nitrogens with one attached hydrogen (secondary N) is 1. The molecule has 0 bridgehead atoms. The van der Waals surface area contributed by atoms with E-state index in [1.807, 2.05) is 6.92 Å². The van der Waals surface area contributed by atoms with E-state index >= 15 is 0 Å². The van der Waals surface area contributed by atoms with Crippen LogP contribution in [-0.2, 0) is 16.6 Å². The minimum absolute atomic E-state index is 0.0586. The second-order valence-electron chi connectivity index (χ2n) is 6.91. The summed E-state index contributed by atoms with van der Waals surface area (Å²) in [5.41, 5.74) is 0.389. The zero-order valence-corrected chi connectivity index (χ0v) is 18.9. The van der Waals surface area contributed by atoms with Crippen molar-refractivity contribution < 1.29 is 27.0 Å². The Labute approximate surface area is 189 Å². The summed E-state index contributed by atoms with van der Waals surface area (Å²) in [4.78, 5) is 4.24. The zero-order valence-electron chi connectivity index (χ0n) is 18.1. The van der Waals surface area contributed by atoms with Crippen LogP contribution in [0.3, 0.4) is 0 Å². The summed E-state index contributed by atoms with van der Waals surface area (Å²) in [7, 11) is -0.945. The van der Waals surface area contributed by atoms with Gasteiger partial charge in [0.05, 0.1) is 31.6 Å². The molecule has 0 aliphatic heterocycles. The first-order valence-corrected chi connectivity index (χ1v) is 11.4. The number of benzene rings is 2. The van der Waals surface area contributed by atoms with Crippen molar-refractivity contribution in [1.82, 2.24) is 14.8 Å². The second kappa shape index (κ2) is 8.94. The summed E-state index contributed by atoms with van der Waals surface area (Å²) >= 11 is 0. The van der Waals surface area contributed by atoms with Crippen LogP contribution in [0.2, 0.25) is 0 Å². The average Bonchev–Trinajstić information content (AvgIpc) is 3.30. The van der Waals surface area contributed by atoms with Gasteiger partial charge in [0.1, 0.15) is 16.4 Å². The predicted octanol–water partition coefficient (Wildman–Crippen LogP) is 4.20. The number of methoxy groups -OCH3 is 2. The molecule has 2 aromatic carbocycles. The highest BCUT2D eigenvalue weighted by Crippen LogP contribution is 2.37. The number of fused-ring (bicyclic) bond motifs is 1. The Bertz CT molecular complexity index is 1420. The van der Waals surface area contributed by atoms with E-state index in [0.29, 0.717) is 34.7 Å². The predicted molar refractivity (Wildman–Crippen MR) is 120 cm³/mol. The van der Waals surface area contributed by atoms with E-state index in [2.05, 4.69) is 14.8 Å². The van der Waals surface area contributed by atoms with Gasteiger partial charge in [0, 0.05) is 36.5 Å². The van der Waals surface area contributed by atoms with Gasteiger partial charge in [-0.1, -0.05) is 0 Å². The summed E-state index contributed by atoms with van der Waals surface area (Å²) in [5.74, 6) is 0.806. The summed E-state index contributed by atoms with van der Waals surface area (Å²) in [6.45, 7) is 2.34. The smallest absolute Gasteiger partial charge is 0.265 e. The number of aryl methyl sites for hydroxylation is 1. The Morgan fingerprint density at radius 1 is 1.06 bits per heavy atom. The van der Waals surface area contributed by atoms with Gasteiger partial charge in [0.2, 0.25) is 0 Å². The molecule has 0 atom stereocenters. The SMILES string of the molecule is CCn1cc(S(=O)(=O)Nc2ccc(Oc3ccnc4cc(OC)c(OC)cc34)cc2F)cn1. The number of hydrogen-bond donors (Lipinski definition) is 1. The average molecular weight is 472 g/mol. The highest BCUT2D eigenvalue weighted by molar-refractivity contribution is 7.92. The number of nitrogens with zero attached hydrogens (tertiary/aromatic N) is 3. The number of hydrogen-bond acceptors (Lipinski definition) is 7. The molecule has 172 valence electrons. The molecule has 0 saturated carbocycles. The Balaban J connectivity index is 1.61. The van der Waals surface area contributed by atoms with E-state index in [-0.39, 0.29) is 16.3 Å². The van der Waals surface area contributed by atoms with E-state index in [4.69, 9.17) is 14.2 Å². The lowest BCUT2D eigenvalue weighted by Gasteiger charge is -2.13. The summed E-state index contributed by atoms with van der Waals surface area (Å²) in [5, 5.41) is 4.57. The fraction of sp³-hybridized carbons (Fsp3) is 0.182. The molecular formula is C22H21FN4O5S. The minimum Gasteiger partial charge on any atom is -0.493 e. The van der Waals surface area contributed by atoms with Crippen molar-refractivity contribution >= 4 is 26.6 Å². The molecule has 11 heteroatoms. The first-order valence-electron chi connectivity index (χ1n) is 9.88. The van der Waals surface area contributed by atoms with E-state index in [0.717, 1.165) is 6.07 Å². The van der Waals surface area contributed by atoms with Crippen LogP contribution in [0.25, 0.3) is 10.9 Å². The Morgan fingerprint density at radius 2 is 1.82 bits per heavy atom. The summed E-state index contributed by atoms with van der Waals surface area (Å²) in [6, 6.07) is 8.91. The maximum absolute atomic E-state index is 14.7. The minimum atomic E-state index is -3.99. The maximum Gasteiger partial charge on any atom is 0.265 e. The molecule has 1 N–H and O–H groups in total. The Kier molecular flexibility index (Phi) is 6.05. The molecule has 0 radical (unpaired) electrons. The van der Waals surface area contributed by atoms with Crippen molar-refractivity contribution in [3.63, 3.8) is 0 Å². The van der Waals surface area contributed by atoms with E-state index in [1.54, 1.807) is 24.4 Å². The van der Waals surface area contributed by atoms with Gasteiger partial charge in [-0.25, -0.2) is 12.8 Å². The van der Waals surface area contributed by atoms with Crippen molar-refractivity contribution in [2.24, 2.45) is 0 Å². The number of aromatic nitrogens is 3. The second-order valence-corrected chi connectivity index (χ2v) is 8.60. The number of halogens is 1. The lowest BCUT2D eigenvalue weighted by atomic mass is 10.2. The zero-order chi connectivity index (χ0) is 23.6. The van der Waals surface area contributed by atoms with E-state index in [1.165, 1.54) is 43.4 Å². The van der Waals surface area contributed by atoms with E-state index in [9.17, 15) is 12.8 Å². The molecule has 0 aliphatic rings. The van der Waals surface area contributed by atoms with Gasteiger partial charge in [-0.15, -0.1) is 0 Å². The molecule has 0 unspecified atom stereocenters. The summed E-state index contributed by atoms with van der Waals surface area (Å²) < 4.78 is 60.0. The van der Waals surface area contributed by atoms with Gasteiger partial charge < -0.3 is 14.2 Å². The third-order valence-electron chi connectivity index (χ3n) is 4.86. The molecule has 4 aromatic rings. The van der Waals surface area contributed by atoms with Gasteiger partial charge in [0.15, 0.2) is 17.3 Å². The standard InChI is InChI=1S/C22H21FN4O5S/c1-4-27-13-15(12-25-27)33(28,29)26-18-6-5-14(9-17(18)23)32-20-7-8-24-19-11-22(31-3)21(30-2)10-16(19)20/h5-13,26H,4H2,1-3H3. The molecule has 2 aromatic heterocycles. The molecule has 9 nitrogen and oxygen atoms in total. The molecule has 2 heterocycles. The topological polar surface area (TPSA) is 105 Å². The third-order valence-corrected chi connectivity index (χ3v) is 6.18. The maximum atomic E-state index is 14.7. The summed E-state index contributed by atoms with van der Waals surface area (Å²) in [6.07, 6.45) is 4.13. The lowest BCUT2D eigenvalue weighted by molar-refractivity contribution is 0.355. The molecule has 0 aliphatic carbocycles. The van der Waals surface area contributed by atoms with Crippen molar-refractivity contribution in [3.8, 4) is 23.0 Å². The van der Waals surface area contributed by atoms with Crippen molar-refractivity contribution in [1.29, 1.82) is 0 Å². The van der Waals surface area contributed by atoms with Crippen LogP contribution >= 0.6 is 0 Å². The monoisotopic (exact) mass is 472 g/mol. The molecule has 0 spiro atoms. The first-order chi connectivity index (χ1) is 15.8. The molecule has 0 saturated heterocycles. The molecule has 0 amide bonds. The normalized spacial score (nSPS) is 11.4. The van der Waals surface area contributed by atoms with Gasteiger partial charge >= 0.3 is 0 Å². The van der Waals surface area contributed by atoms with Crippen LogP contribution in [0.1, 0.15) is 6.92 Å². The number of ether oxygens (including phenoxy) is 3. The van der Waals surface area contributed by atoms with Gasteiger partial charge in [-0.05, 0) is 31.2 Å².